The highest BCUT2D eigenvalue weighted by Gasteiger charge is 2.12. The number of rotatable bonds is 6. The molecule has 5 heteroatoms. The second-order valence-electron chi connectivity index (χ2n) is 7.11. The van der Waals surface area contributed by atoms with Crippen molar-refractivity contribution in [3.05, 3.63) is 108 Å². The Morgan fingerprint density at radius 2 is 1.62 bits per heavy atom. The predicted octanol–water partition coefficient (Wildman–Crippen LogP) is 5.01. The van der Waals surface area contributed by atoms with Crippen LogP contribution in [0.25, 0.3) is 11.1 Å². The molecule has 0 radical (unpaired) electrons. The van der Waals surface area contributed by atoms with Gasteiger partial charge in [-0.25, -0.2) is 4.39 Å². The van der Waals surface area contributed by atoms with Crippen LogP contribution in [0.4, 0.5) is 4.39 Å². The molecule has 4 aromatic rings. The third kappa shape index (κ3) is 4.88. The van der Waals surface area contributed by atoms with Gasteiger partial charge in [0.15, 0.2) is 0 Å². The molecule has 29 heavy (non-hydrogen) atoms. The van der Waals surface area contributed by atoms with Crippen molar-refractivity contribution >= 4 is 0 Å². The summed E-state index contributed by atoms with van der Waals surface area (Å²) >= 11 is 0. The molecule has 4 nitrogen and oxygen atoms in total. The molecule has 1 atom stereocenters. The lowest BCUT2D eigenvalue weighted by Crippen LogP contribution is -2.04. The molecule has 0 saturated heterocycles. The van der Waals surface area contributed by atoms with Crippen molar-refractivity contribution in [2.45, 2.75) is 25.7 Å². The zero-order valence-corrected chi connectivity index (χ0v) is 16.2. The molecule has 0 unspecified atom stereocenters. The minimum Gasteiger partial charge on any atom is -0.264 e. The topological polar surface area (TPSA) is 51.6 Å². The van der Waals surface area contributed by atoms with E-state index in [-0.39, 0.29) is 11.7 Å². The fraction of sp³-hybridized carbons (Fsp3) is 0.167. The largest absolute Gasteiger partial charge is 0.264 e. The lowest BCUT2D eigenvalue weighted by atomic mass is 9.94. The maximum absolute atomic E-state index is 13.2. The highest BCUT2D eigenvalue weighted by Crippen LogP contribution is 2.25. The van der Waals surface area contributed by atoms with Crippen LogP contribution in [-0.4, -0.2) is 19.9 Å². The number of benzene rings is 1. The summed E-state index contributed by atoms with van der Waals surface area (Å²) in [5, 5.41) is 0. The quantitative estimate of drug-likeness (QED) is 0.469. The van der Waals surface area contributed by atoms with E-state index in [0.29, 0.717) is 6.42 Å². The standard InChI is InChI=1S/C24H21FN4/c1-17(18-4-6-21(25)7-5-18)11-22-12-20(19-3-2-8-26-15-19)13-23(29-22)14-24-16-27-9-10-28-24/h2-10,12-13,15-17H,11,14H2,1H3/t17-/m1/s1. The summed E-state index contributed by atoms with van der Waals surface area (Å²) in [6.45, 7) is 2.13. The van der Waals surface area contributed by atoms with Gasteiger partial charge in [0.05, 0.1) is 5.69 Å². The van der Waals surface area contributed by atoms with Crippen molar-refractivity contribution in [1.82, 2.24) is 19.9 Å². The van der Waals surface area contributed by atoms with Crippen LogP contribution >= 0.6 is 0 Å². The summed E-state index contributed by atoms with van der Waals surface area (Å²) in [4.78, 5) is 17.6. The maximum atomic E-state index is 13.2. The minimum atomic E-state index is -0.219. The highest BCUT2D eigenvalue weighted by molar-refractivity contribution is 5.63. The van der Waals surface area contributed by atoms with Crippen LogP contribution in [-0.2, 0) is 12.8 Å². The summed E-state index contributed by atoms with van der Waals surface area (Å²) in [6, 6.07) is 14.8. The molecule has 3 heterocycles. The first-order valence-corrected chi connectivity index (χ1v) is 9.58. The van der Waals surface area contributed by atoms with Crippen molar-refractivity contribution in [3.63, 3.8) is 0 Å². The van der Waals surface area contributed by atoms with E-state index in [1.807, 2.05) is 30.5 Å². The fourth-order valence-corrected chi connectivity index (χ4v) is 3.37. The van der Waals surface area contributed by atoms with Crippen molar-refractivity contribution in [3.8, 4) is 11.1 Å². The molecule has 0 spiro atoms. The molecule has 0 aliphatic rings. The summed E-state index contributed by atoms with van der Waals surface area (Å²) in [5.74, 6) is 0.000483. The smallest absolute Gasteiger partial charge is 0.123 e. The number of halogens is 1. The van der Waals surface area contributed by atoms with E-state index in [1.165, 1.54) is 12.1 Å². The first kappa shape index (κ1) is 18.9. The zero-order chi connectivity index (χ0) is 20.1. The number of hydrogen-bond donors (Lipinski definition) is 0. The first-order valence-electron chi connectivity index (χ1n) is 9.58. The van der Waals surface area contributed by atoms with Gasteiger partial charge in [0.25, 0.3) is 0 Å². The molecule has 0 bridgehead atoms. The minimum absolute atomic E-state index is 0.219. The third-order valence-corrected chi connectivity index (χ3v) is 4.86. The molecule has 0 amide bonds. The monoisotopic (exact) mass is 384 g/mol. The Kier molecular flexibility index (Phi) is 5.66. The van der Waals surface area contributed by atoms with E-state index in [1.54, 1.807) is 24.8 Å². The Morgan fingerprint density at radius 1 is 0.828 bits per heavy atom. The van der Waals surface area contributed by atoms with Crippen LogP contribution < -0.4 is 0 Å². The summed E-state index contributed by atoms with van der Waals surface area (Å²) in [5.41, 5.74) is 6.02. The second kappa shape index (κ2) is 8.69. The van der Waals surface area contributed by atoms with Crippen LogP contribution in [0.1, 0.15) is 35.5 Å². The second-order valence-corrected chi connectivity index (χ2v) is 7.11. The van der Waals surface area contributed by atoms with Gasteiger partial charge in [-0.2, -0.15) is 0 Å². The molecule has 4 rings (SSSR count). The lowest BCUT2D eigenvalue weighted by molar-refractivity contribution is 0.625. The average molecular weight is 384 g/mol. The summed E-state index contributed by atoms with van der Waals surface area (Å²) in [6.07, 6.45) is 10.1. The maximum Gasteiger partial charge on any atom is 0.123 e. The van der Waals surface area contributed by atoms with E-state index in [4.69, 9.17) is 4.98 Å². The zero-order valence-electron chi connectivity index (χ0n) is 16.2. The normalized spacial score (nSPS) is 11.9. The summed E-state index contributed by atoms with van der Waals surface area (Å²) < 4.78 is 13.2. The van der Waals surface area contributed by atoms with Gasteiger partial charge in [0.1, 0.15) is 5.82 Å². The molecule has 0 saturated carbocycles. The van der Waals surface area contributed by atoms with E-state index in [2.05, 4.69) is 34.0 Å². The Balaban J connectivity index is 1.66. The van der Waals surface area contributed by atoms with Gasteiger partial charge in [0, 0.05) is 54.4 Å². The Morgan fingerprint density at radius 3 is 2.34 bits per heavy atom. The van der Waals surface area contributed by atoms with Gasteiger partial charge in [0.2, 0.25) is 0 Å². The molecule has 3 aromatic heterocycles. The van der Waals surface area contributed by atoms with Gasteiger partial charge < -0.3 is 0 Å². The van der Waals surface area contributed by atoms with Gasteiger partial charge >= 0.3 is 0 Å². The van der Waals surface area contributed by atoms with Gasteiger partial charge in [-0.05, 0) is 53.8 Å². The van der Waals surface area contributed by atoms with Crippen molar-refractivity contribution in [1.29, 1.82) is 0 Å². The van der Waals surface area contributed by atoms with Crippen molar-refractivity contribution in [2.24, 2.45) is 0 Å². The number of hydrogen-bond acceptors (Lipinski definition) is 4. The average Bonchev–Trinajstić information content (AvgIpc) is 2.75. The number of aromatic nitrogens is 4. The SMILES string of the molecule is C[C@H](Cc1cc(-c2cccnc2)cc(Cc2cnccn2)n1)c1ccc(F)cc1. The van der Waals surface area contributed by atoms with Crippen LogP contribution in [0.2, 0.25) is 0 Å². The molecule has 0 N–H and O–H groups in total. The van der Waals surface area contributed by atoms with Crippen molar-refractivity contribution < 1.29 is 4.39 Å². The van der Waals surface area contributed by atoms with Gasteiger partial charge in [-0.15, -0.1) is 0 Å². The Hall–Kier alpha value is -3.47. The molecular weight excluding hydrogens is 363 g/mol. The van der Waals surface area contributed by atoms with Gasteiger partial charge in [-0.1, -0.05) is 25.1 Å². The molecule has 1 aromatic carbocycles. The third-order valence-electron chi connectivity index (χ3n) is 4.86. The van der Waals surface area contributed by atoms with Crippen LogP contribution in [0.3, 0.4) is 0 Å². The van der Waals surface area contributed by atoms with Crippen LogP contribution in [0, 0.1) is 5.82 Å². The molecular formula is C24H21FN4. The van der Waals surface area contributed by atoms with E-state index >= 15 is 0 Å². The van der Waals surface area contributed by atoms with Crippen LogP contribution in [0.15, 0.2) is 79.5 Å². The van der Waals surface area contributed by atoms with Gasteiger partial charge in [-0.3, -0.25) is 19.9 Å². The molecule has 0 aliphatic carbocycles. The highest BCUT2D eigenvalue weighted by atomic mass is 19.1. The first-order chi connectivity index (χ1) is 14.2. The Labute approximate surface area is 169 Å². The molecule has 0 fully saturated rings. The van der Waals surface area contributed by atoms with Crippen LogP contribution in [0.5, 0.6) is 0 Å². The number of nitrogens with zero attached hydrogens (tertiary/aromatic N) is 4. The molecule has 144 valence electrons. The van der Waals surface area contributed by atoms with Crippen molar-refractivity contribution in [2.75, 3.05) is 0 Å². The van der Waals surface area contributed by atoms with E-state index in [9.17, 15) is 4.39 Å². The fourth-order valence-electron chi connectivity index (χ4n) is 3.37. The number of pyridine rings is 2. The molecule has 0 aliphatic heterocycles. The van der Waals surface area contributed by atoms with E-state index < -0.39 is 0 Å². The summed E-state index contributed by atoms with van der Waals surface area (Å²) in [7, 11) is 0. The lowest BCUT2D eigenvalue weighted by Gasteiger charge is -2.14. The Bertz CT molecular complexity index is 1070. The predicted molar refractivity (Wildman–Crippen MR) is 111 cm³/mol. The van der Waals surface area contributed by atoms with E-state index in [0.717, 1.165) is 40.2 Å².